The number of quaternary nitrogens is 1. The van der Waals surface area contributed by atoms with E-state index in [4.69, 9.17) is 11.6 Å². The summed E-state index contributed by atoms with van der Waals surface area (Å²) in [4.78, 5) is 18.0. The van der Waals surface area contributed by atoms with E-state index in [9.17, 15) is 18.0 Å². The molecule has 0 radical (unpaired) electrons. The molecule has 1 saturated heterocycles. The first kappa shape index (κ1) is 16.8. The van der Waals surface area contributed by atoms with Crippen LogP contribution >= 0.6 is 11.6 Å². The number of anilines is 1. The molecule has 0 aliphatic carbocycles. The van der Waals surface area contributed by atoms with Crippen LogP contribution < -0.4 is 15.2 Å². The molecule has 0 spiro atoms. The Bertz CT molecular complexity index is 545. The molecule has 0 saturated carbocycles. The third-order valence-corrected chi connectivity index (χ3v) is 3.82. The number of halogens is 4. The summed E-state index contributed by atoms with van der Waals surface area (Å²) in [5.41, 5.74) is -0.812. The summed E-state index contributed by atoms with van der Waals surface area (Å²) >= 11 is 5.96. The van der Waals surface area contributed by atoms with Crippen molar-refractivity contribution >= 4 is 23.3 Å². The summed E-state index contributed by atoms with van der Waals surface area (Å²) in [5.74, 6) is 0.508. The summed E-state index contributed by atoms with van der Waals surface area (Å²) in [6, 6.07) is 0.914. The Balaban J connectivity index is 2.04. The van der Waals surface area contributed by atoms with Crippen molar-refractivity contribution in [1.82, 2.24) is 4.90 Å². The third-order valence-electron chi connectivity index (χ3n) is 3.53. The summed E-state index contributed by atoms with van der Waals surface area (Å²) < 4.78 is 37.8. The number of nitrogens with two attached hydrogens (primary N) is 1. The van der Waals surface area contributed by atoms with Crippen molar-refractivity contribution in [2.24, 2.45) is 0 Å². The van der Waals surface area contributed by atoms with Gasteiger partial charge >= 0.3 is 6.18 Å². The van der Waals surface area contributed by atoms with Gasteiger partial charge < -0.3 is 10.2 Å². The molecule has 1 aliphatic heterocycles. The standard InChI is InChI=1S/C13H16ClF3N4O/c1-18-8-11(22)20-2-4-21(5-3-20)12-10(14)6-9(7-19-12)13(15,16)17/h6-7,18H,2-5,8H2,1H3/p+2. The van der Waals surface area contributed by atoms with Crippen LogP contribution in [-0.2, 0) is 11.0 Å². The maximum Gasteiger partial charge on any atom is 0.419 e. The van der Waals surface area contributed by atoms with Gasteiger partial charge in [-0.25, -0.2) is 4.98 Å². The van der Waals surface area contributed by atoms with Crippen LogP contribution in [0.15, 0.2) is 12.3 Å². The molecule has 1 aliphatic rings. The number of hydrogen-bond donors (Lipinski definition) is 1. The van der Waals surface area contributed by atoms with Crippen molar-refractivity contribution in [2.45, 2.75) is 6.18 Å². The predicted molar refractivity (Wildman–Crippen MR) is 74.5 cm³/mol. The van der Waals surface area contributed by atoms with Crippen LogP contribution in [0.5, 0.6) is 0 Å². The molecule has 0 unspecified atom stereocenters. The molecule has 2 rings (SSSR count). The molecule has 2 heterocycles. The second-order valence-electron chi connectivity index (χ2n) is 5.06. The Morgan fingerprint density at radius 2 is 2.00 bits per heavy atom. The average molecular weight is 339 g/mol. The number of likely N-dealkylation sites (N-methyl/N-ethyl adjacent to an activating group) is 1. The average Bonchev–Trinajstić information content (AvgIpc) is 2.46. The number of rotatable bonds is 3. The lowest BCUT2D eigenvalue weighted by Gasteiger charge is -2.30. The first-order chi connectivity index (χ1) is 10.3. The number of piperazine rings is 1. The SMILES string of the molecule is C[NH2+]CC(=O)N1CCN(c2[nH+]cc(C(F)(F)F)cc2Cl)CC1. The molecule has 1 fully saturated rings. The van der Waals surface area contributed by atoms with Gasteiger partial charge in [0, 0.05) is 0 Å². The van der Waals surface area contributed by atoms with Crippen molar-refractivity contribution in [1.29, 1.82) is 0 Å². The van der Waals surface area contributed by atoms with Gasteiger partial charge in [0.1, 0.15) is 24.3 Å². The lowest BCUT2D eigenvalue weighted by Crippen LogP contribution is -2.82. The van der Waals surface area contributed by atoms with E-state index in [1.54, 1.807) is 10.2 Å². The van der Waals surface area contributed by atoms with E-state index in [1.165, 1.54) is 0 Å². The fourth-order valence-corrected chi connectivity index (χ4v) is 2.64. The van der Waals surface area contributed by atoms with E-state index in [0.29, 0.717) is 38.5 Å². The highest BCUT2D eigenvalue weighted by Gasteiger charge is 2.34. The molecule has 122 valence electrons. The number of amides is 1. The van der Waals surface area contributed by atoms with E-state index in [0.717, 1.165) is 12.3 Å². The Hall–Kier alpha value is -1.54. The van der Waals surface area contributed by atoms with E-state index in [2.05, 4.69) is 4.98 Å². The summed E-state index contributed by atoms with van der Waals surface area (Å²) in [6.07, 6.45) is -3.52. The van der Waals surface area contributed by atoms with E-state index in [-0.39, 0.29) is 10.9 Å². The Kier molecular flexibility index (Phi) is 5.12. The first-order valence-corrected chi connectivity index (χ1v) is 7.29. The quantitative estimate of drug-likeness (QED) is 0.844. The van der Waals surface area contributed by atoms with Crippen LogP contribution in [0.4, 0.5) is 19.0 Å². The number of hydrogen-bond acceptors (Lipinski definition) is 2. The maximum atomic E-state index is 12.6. The zero-order chi connectivity index (χ0) is 16.3. The predicted octanol–water partition coefficient (Wildman–Crippen LogP) is 0.0147. The first-order valence-electron chi connectivity index (χ1n) is 6.92. The zero-order valence-electron chi connectivity index (χ0n) is 12.1. The minimum Gasteiger partial charge on any atom is -0.341 e. The highest BCUT2D eigenvalue weighted by atomic mass is 35.5. The topological polar surface area (TPSA) is 54.3 Å². The van der Waals surface area contributed by atoms with Gasteiger partial charge in [0.2, 0.25) is 0 Å². The van der Waals surface area contributed by atoms with Crippen LogP contribution in [0.3, 0.4) is 0 Å². The minimum atomic E-state index is -4.43. The van der Waals surface area contributed by atoms with Gasteiger partial charge in [0.25, 0.3) is 11.7 Å². The van der Waals surface area contributed by atoms with E-state index in [1.807, 2.05) is 11.9 Å². The second-order valence-corrected chi connectivity index (χ2v) is 5.47. The van der Waals surface area contributed by atoms with Gasteiger partial charge in [0.05, 0.1) is 25.7 Å². The molecule has 1 amide bonds. The molecule has 22 heavy (non-hydrogen) atoms. The highest BCUT2D eigenvalue weighted by Crippen LogP contribution is 2.32. The monoisotopic (exact) mass is 338 g/mol. The molecule has 0 aromatic carbocycles. The minimum absolute atomic E-state index is 0.0245. The molecule has 0 bridgehead atoms. The zero-order valence-corrected chi connectivity index (χ0v) is 12.8. The van der Waals surface area contributed by atoms with Gasteiger partial charge in [0.15, 0.2) is 6.54 Å². The molecular weight excluding hydrogens is 321 g/mol. The lowest BCUT2D eigenvalue weighted by atomic mass is 10.2. The van der Waals surface area contributed by atoms with Crippen molar-refractivity contribution in [2.75, 3.05) is 44.7 Å². The van der Waals surface area contributed by atoms with Gasteiger partial charge in [-0.05, 0) is 6.07 Å². The number of carbonyl (C=O) groups excluding carboxylic acids is 1. The van der Waals surface area contributed by atoms with Crippen molar-refractivity contribution in [3.63, 3.8) is 0 Å². The van der Waals surface area contributed by atoms with Gasteiger partial charge in [-0.3, -0.25) is 9.69 Å². The van der Waals surface area contributed by atoms with Crippen LogP contribution in [0, 0.1) is 0 Å². The largest absolute Gasteiger partial charge is 0.419 e. The van der Waals surface area contributed by atoms with E-state index >= 15 is 0 Å². The van der Waals surface area contributed by atoms with Gasteiger partial charge in [-0.2, -0.15) is 13.2 Å². The molecule has 0 atom stereocenters. The smallest absolute Gasteiger partial charge is 0.341 e. The summed E-state index contributed by atoms with van der Waals surface area (Å²) in [7, 11) is 1.82. The van der Waals surface area contributed by atoms with Gasteiger partial charge in [-0.15, -0.1) is 0 Å². The number of carbonyl (C=O) groups is 1. The molecule has 9 heteroatoms. The van der Waals surface area contributed by atoms with Crippen LogP contribution in [0.25, 0.3) is 0 Å². The number of pyridine rings is 1. The molecule has 1 aromatic rings. The molecular formula is C13H18ClF3N4O+2. The Morgan fingerprint density at radius 3 is 2.50 bits per heavy atom. The van der Waals surface area contributed by atoms with Crippen LogP contribution in [0.2, 0.25) is 5.02 Å². The summed E-state index contributed by atoms with van der Waals surface area (Å²) in [6.45, 7) is 2.50. The van der Waals surface area contributed by atoms with E-state index < -0.39 is 11.7 Å². The van der Waals surface area contributed by atoms with Crippen LogP contribution in [0.1, 0.15) is 5.56 Å². The Morgan fingerprint density at radius 1 is 1.36 bits per heavy atom. The number of alkyl halides is 3. The Labute approximate surface area is 131 Å². The van der Waals surface area contributed by atoms with Crippen molar-refractivity contribution < 1.29 is 28.3 Å². The maximum absolute atomic E-state index is 12.6. The van der Waals surface area contributed by atoms with Gasteiger partial charge in [-0.1, -0.05) is 11.6 Å². The highest BCUT2D eigenvalue weighted by molar-refractivity contribution is 6.32. The fraction of sp³-hybridized carbons (Fsp3) is 0.538. The van der Waals surface area contributed by atoms with Crippen molar-refractivity contribution in [3.05, 3.63) is 22.8 Å². The lowest BCUT2D eigenvalue weighted by molar-refractivity contribution is -0.616. The molecule has 1 aromatic heterocycles. The second kappa shape index (κ2) is 6.70. The number of aromatic amines is 1. The van der Waals surface area contributed by atoms with Crippen molar-refractivity contribution in [3.8, 4) is 0 Å². The number of nitrogens with zero attached hydrogens (tertiary/aromatic N) is 2. The molecule has 5 nitrogen and oxygen atoms in total. The molecule has 3 N–H and O–H groups in total. The number of H-pyrrole nitrogens is 1. The fourth-order valence-electron chi connectivity index (χ4n) is 2.35. The number of nitrogens with one attached hydrogen (secondary N) is 1. The normalized spacial score (nSPS) is 16.0. The number of aromatic nitrogens is 1. The third kappa shape index (κ3) is 3.80. The van der Waals surface area contributed by atoms with Crippen LogP contribution in [-0.4, -0.2) is 50.6 Å². The summed E-state index contributed by atoms with van der Waals surface area (Å²) in [5, 5.41) is 1.83.